The highest BCUT2D eigenvalue weighted by Gasteiger charge is 2.25. The number of rotatable bonds is 3. The van der Waals surface area contributed by atoms with Gasteiger partial charge in [-0.3, -0.25) is 4.79 Å². The van der Waals surface area contributed by atoms with E-state index < -0.39 is 0 Å². The normalized spacial score (nSPS) is 14.7. The van der Waals surface area contributed by atoms with Gasteiger partial charge in [-0.2, -0.15) is 4.98 Å². The third-order valence-corrected chi connectivity index (χ3v) is 4.42. The number of amides is 1. The molecule has 1 aromatic carbocycles. The van der Waals surface area contributed by atoms with Crippen molar-refractivity contribution >= 4 is 34.4 Å². The Balaban J connectivity index is 1.61. The first-order valence-electron chi connectivity index (χ1n) is 7.53. The first kappa shape index (κ1) is 14.2. The van der Waals surface area contributed by atoms with Crippen LogP contribution in [0.15, 0.2) is 40.9 Å². The summed E-state index contributed by atoms with van der Waals surface area (Å²) in [5.74, 6) is 0.614. The highest BCUT2D eigenvalue weighted by atomic mass is 35.5. The number of benzene rings is 1. The maximum absolute atomic E-state index is 12.0. The van der Waals surface area contributed by atoms with E-state index in [2.05, 4.69) is 15.3 Å². The van der Waals surface area contributed by atoms with Crippen LogP contribution >= 0.6 is 11.6 Å². The van der Waals surface area contributed by atoms with Gasteiger partial charge in [0.1, 0.15) is 0 Å². The number of pyridine rings is 1. The molecule has 1 aliphatic carbocycles. The Morgan fingerprint density at radius 1 is 1.30 bits per heavy atom. The van der Waals surface area contributed by atoms with E-state index in [9.17, 15) is 4.79 Å². The van der Waals surface area contributed by atoms with E-state index in [-0.39, 0.29) is 11.8 Å². The van der Waals surface area contributed by atoms with Crippen LogP contribution in [0.5, 0.6) is 0 Å². The lowest BCUT2D eigenvalue weighted by Gasteiger charge is -2.24. The smallest absolute Gasteiger partial charge is 0.230 e. The molecule has 0 spiro atoms. The van der Waals surface area contributed by atoms with Crippen LogP contribution in [0.1, 0.15) is 19.3 Å². The summed E-state index contributed by atoms with van der Waals surface area (Å²) in [5, 5.41) is 3.38. The van der Waals surface area contributed by atoms with E-state index in [1.165, 1.54) is 0 Å². The molecule has 3 aromatic rings. The van der Waals surface area contributed by atoms with Crippen molar-refractivity contribution in [3.05, 3.63) is 41.6 Å². The van der Waals surface area contributed by atoms with Gasteiger partial charge < -0.3 is 9.73 Å². The summed E-state index contributed by atoms with van der Waals surface area (Å²) in [6.45, 7) is 0. The molecule has 0 radical (unpaired) electrons. The molecule has 1 fully saturated rings. The van der Waals surface area contributed by atoms with Gasteiger partial charge in [0.25, 0.3) is 0 Å². The number of nitrogens with zero attached hydrogens (tertiary/aromatic N) is 2. The third kappa shape index (κ3) is 2.68. The average Bonchev–Trinajstić information content (AvgIpc) is 2.88. The molecular weight excluding hydrogens is 314 g/mol. The van der Waals surface area contributed by atoms with E-state index in [0.29, 0.717) is 33.4 Å². The fourth-order valence-electron chi connectivity index (χ4n) is 2.57. The van der Waals surface area contributed by atoms with Gasteiger partial charge in [-0.1, -0.05) is 18.0 Å². The second kappa shape index (κ2) is 5.66. The molecular formula is C17H14ClN3O2. The van der Waals surface area contributed by atoms with E-state index in [0.717, 1.165) is 19.3 Å². The second-order valence-corrected chi connectivity index (χ2v) is 6.06. The lowest BCUT2D eigenvalue weighted by atomic mass is 9.85. The SMILES string of the molecule is O=C(Nc1ccc(-c2nc3ncccc3o2)c(Cl)c1)C1CCC1. The predicted molar refractivity (Wildman–Crippen MR) is 88.2 cm³/mol. The fraction of sp³-hybridized carbons (Fsp3) is 0.235. The van der Waals surface area contributed by atoms with Crippen molar-refractivity contribution in [1.82, 2.24) is 9.97 Å². The number of fused-ring (bicyclic) bond motifs is 1. The molecule has 0 aliphatic heterocycles. The Morgan fingerprint density at radius 2 is 2.17 bits per heavy atom. The van der Waals surface area contributed by atoms with Gasteiger partial charge in [-0.25, -0.2) is 4.98 Å². The number of oxazole rings is 1. The minimum Gasteiger partial charge on any atom is -0.434 e. The molecule has 2 heterocycles. The Hall–Kier alpha value is -2.40. The molecule has 1 aliphatic rings. The van der Waals surface area contributed by atoms with Crippen LogP contribution in [-0.2, 0) is 4.79 Å². The zero-order valence-electron chi connectivity index (χ0n) is 12.3. The van der Waals surface area contributed by atoms with Crippen molar-refractivity contribution in [1.29, 1.82) is 0 Å². The lowest BCUT2D eigenvalue weighted by Crippen LogP contribution is -2.27. The summed E-state index contributed by atoms with van der Waals surface area (Å²) < 4.78 is 5.68. The topological polar surface area (TPSA) is 68.0 Å². The van der Waals surface area contributed by atoms with E-state index >= 15 is 0 Å². The van der Waals surface area contributed by atoms with E-state index in [4.69, 9.17) is 16.0 Å². The molecule has 23 heavy (non-hydrogen) atoms. The molecule has 0 saturated heterocycles. The van der Waals surface area contributed by atoms with Crippen molar-refractivity contribution in [2.45, 2.75) is 19.3 Å². The molecule has 116 valence electrons. The minimum absolute atomic E-state index is 0.0612. The van der Waals surface area contributed by atoms with Crippen LogP contribution in [-0.4, -0.2) is 15.9 Å². The van der Waals surface area contributed by atoms with Gasteiger partial charge in [0, 0.05) is 17.8 Å². The Labute approximate surface area is 137 Å². The molecule has 6 heteroatoms. The van der Waals surface area contributed by atoms with Crippen molar-refractivity contribution in [2.75, 3.05) is 5.32 Å². The molecule has 1 amide bonds. The Morgan fingerprint density at radius 3 is 2.87 bits per heavy atom. The third-order valence-electron chi connectivity index (χ3n) is 4.11. The first-order valence-corrected chi connectivity index (χ1v) is 7.91. The Bertz CT molecular complexity index is 853. The molecule has 2 aromatic heterocycles. The number of aromatic nitrogens is 2. The molecule has 0 atom stereocenters. The Kier molecular flexibility index (Phi) is 3.50. The summed E-state index contributed by atoms with van der Waals surface area (Å²) in [5.41, 5.74) is 2.51. The molecule has 5 nitrogen and oxygen atoms in total. The van der Waals surface area contributed by atoms with Crippen molar-refractivity contribution in [2.24, 2.45) is 5.92 Å². The van der Waals surface area contributed by atoms with Crippen LogP contribution < -0.4 is 5.32 Å². The van der Waals surface area contributed by atoms with Gasteiger partial charge in [0.15, 0.2) is 11.2 Å². The van der Waals surface area contributed by atoms with Gasteiger partial charge in [0.05, 0.1) is 10.6 Å². The lowest BCUT2D eigenvalue weighted by molar-refractivity contribution is -0.122. The number of hydrogen-bond acceptors (Lipinski definition) is 4. The summed E-state index contributed by atoms with van der Waals surface area (Å²) in [6, 6.07) is 8.91. The quantitative estimate of drug-likeness (QED) is 0.779. The number of anilines is 1. The van der Waals surface area contributed by atoms with Crippen LogP contribution in [0.25, 0.3) is 22.7 Å². The van der Waals surface area contributed by atoms with E-state index in [1.807, 2.05) is 0 Å². The van der Waals surface area contributed by atoms with Crippen LogP contribution in [0.2, 0.25) is 5.02 Å². The average molecular weight is 328 g/mol. The van der Waals surface area contributed by atoms with Crippen LogP contribution in [0.3, 0.4) is 0 Å². The number of carbonyl (C=O) groups is 1. The molecule has 4 rings (SSSR count). The van der Waals surface area contributed by atoms with Crippen molar-refractivity contribution in [3.8, 4) is 11.5 Å². The number of nitrogens with one attached hydrogen (secondary N) is 1. The summed E-state index contributed by atoms with van der Waals surface area (Å²) in [7, 11) is 0. The maximum atomic E-state index is 12.0. The van der Waals surface area contributed by atoms with E-state index in [1.54, 1.807) is 36.5 Å². The summed E-state index contributed by atoms with van der Waals surface area (Å²) >= 11 is 6.33. The zero-order valence-corrected chi connectivity index (χ0v) is 13.0. The highest BCUT2D eigenvalue weighted by molar-refractivity contribution is 6.33. The zero-order chi connectivity index (χ0) is 15.8. The fourth-order valence-corrected chi connectivity index (χ4v) is 2.83. The summed E-state index contributed by atoms with van der Waals surface area (Å²) in [4.78, 5) is 20.5. The number of halogens is 1. The monoisotopic (exact) mass is 327 g/mol. The number of carbonyl (C=O) groups excluding carboxylic acids is 1. The summed E-state index contributed by atoms with van der Waals surface area (Å²) in [6.07, 6.45) is 4.72. The number of hydrogen-bond donors (Lipinski definition) is 1. The van der Waals surface area contributed by atoms with Crippen molar-refractivity contribution in [3.63, 3.8) is 0 Å². The van der Waals surface area contributed by atoms with Crippen LogP contribution in [0, 0.1) is 5.92 Å². The van der Waals surface area contributed by atoms with Gasteiger partial charge in [0.2, 0.25) is 11.8 Å². The maximum Gasteiger partial charge on any atom is 0.230 e. The van der Waals surface area contributed by atoms with Gasteiger partial charge in [-0.15, -0.1) is 0 Å². The largest absolute Gasteiger partial charge is 0.434 e. The standard InChI is InChI=1S/C17H14ClN3O2/c18-13-9-11(20-16(22)10-3-1-4-10)6-7-12(13)17-21-15-14(23-17)5-2-8-19-15/h2,5-10H,1,3-4H2,(H,20,22). The molecule has 0 bridgehead atoms. The van der Waals surface area contributed by atoms with Gasteiger partial charge in [-0.05, 0) is 43.2 Å². The molecule has 1 saturated carbocycles. The van der Waals surface area contributed by atoms with Crippen LogP contribution in [0.4, 0.5) is 5.69 Å². The first-order chi connectivity index (χ1) is 11.2. The molecule has 0 unspecified atom stereocenters. The predicted octanol–water partition coefficient (Wildman–Crippen LogP) is 4.28. The highest BCUT2D eigenvalue weighted by Crippen LogP contribution is 2.32. The second-order valence-electron chi connectivity index (χ2n) is 5.66. The molecule has 1 N–H and O–H groups in total. The minimum atomic E-state index is 0.0612. The van der Waals surface area contributed by atoms with Gasteiger partial charge >= 0.3 is 0 Å². The van der Waals surface area contributed by atoms with Crippen molar-refractivity contribution < 1.29 is 9.21 Å².